The van der Waals surface area contributed by atoms with Gasteiger partial charge in [0.05, 0.1) is 48.9 Å². The van der Waals surface area contributed by atoms with Crippen LogP contribution in [0.25, 0.3) is 0 Å². The lowest BCUT2D eigenvalue weighted by atomic mass is 10.1. The highest BCUT2D eigenvalue weighted by molar-refractivity contribution is 5.36. The van der Waals surface area contributed by atoms with Crippen LogP contribution in [0.4, 0.5) is 0 Å². The molecular weight excluding hydrogens is 248 g/mol. The van der Waals surface area contributed by atoms with Gasteiger partial charge in [-0.15, -0.1) is 0 Å². The van der Waals surface area contributed by atoms with Gasteiger partial charge in [0.15, 0.2) is 0 Å². The molecule has 0 spiro atoms. The number of rotatable bonds is 7. The van der Waals surface area contributed by atoms with Crippen LogP contribution in [0.2, 0.25) is 0 Å². The summed E-state index contributed by atoms with van der Waals surface area (Å²) in [5, 5.41) is 0. The maximum absolute atomic E-state index is 5.90. The SMILES string of the molecule is CCCOc1ccc(C[N+](C)(C)C)cc1C[N+](C)(C)C. The molecule has 0 unspecified atom stereocenters. The molecule has 0 saturated carbocycles. The van der Waals surface area contributed by atoms with E-state index in [0.717, 1.165) is 40.8 Å². The fraction of sp³-hybridized carbons (Fsp3) is 0.647. The molecule has 1 aromatic rings. The Morgan fingerprint density at radius 3 is 2.00 bits per heavy atom. The van der Waals surface area contributed by atoms with Crippen molar-refractivity contribution in [3.63, 3.8) is 0 Å². The molecular formula is C17H32N2O+2. The molecule has 0 aliphatic rings. The minimum absolute atomic E-state index is 0.790. The molecule has 0 radical (unpaired) electrons. The molecule has 0 aliphatic heterocycles. The molecule has 0 heterocycles. The molecule has 3 heteroatoms. The zero-order valence-corrected chi connectivity index (χ0v) is 14.4. The predicted octanol–water partition coefficient (Wildman–Crippen LogP) is 2.89. The lowest BCUT2D eigenvalue weighted by molar-refractivity contribution is -0.884. The topological polar surface area (TPSA) is 9.23 Å². The number of hydrogen-bond acceptors (Lipinski definition) is 1. The second-order valence-corrected chi connectivity index (χ2v) is 7.69. The Hall–Kier alpha value is -1.06. The molecule has 0 aromatic heterocycles. The van der Waals surface area contributed by atoms with E-state index in [9.17, 15) is 0 Å². The van der Waals surface area contributed by atoms with Crippen LogP contribution in [0.3, 0.4) is 0 Å². The normalized spacial score (nSPS) is 12.6. The second-order valence-electron chi connectivity index (χ2n) is 7.69. The zero-order valence-electron chi connectivity index (χ0n) is 14.4. The summed E-state index contributed by atoms with van der Waals surface area (Å²) < 4.78 is 7.76. The van der Waals surface area contributed by atoms with E-state index in [2.05, 4.69) is 67.4 Å². The van der Waals surface area contributed by atoms with Crippen molar-refractivity contribution in [2.75, 3.05) is 48.9 Å². The van der Waals surface area contributed by atoms with Crippen molar-refractivity contribution in [3.8, 4) is 5.75 Å². The van der Waals surface area contributed by atoms with Gasteiger partial charge >= 0.3 is 0 Å². The Balaban J connectivity index is 3.01. The van der Waals surface area contributed by atoms with Crippen molar-refractivity contribution < 1.29 is 13.7 Å². The third-order valence-corrected chi connectivity index (χ3v) is 2.89. The van der Waals surface area contributed by atoms with Crippen LogP contribution in [0.15, 0.2) is 18.2 Å². The maximum Gasteiger partial charge on any atom is 0.128 e. The third kappa shape index (κ3) is 6.40. The van der Waals surface area contributed by atoms with Gasteiger partial charge in [-0.25, -0.2) is 0 Å². The van der Waals surface area contributed by atoms with E-state index in [1.165, 1.54) is 11.1 Å². The lowest BCUT2D eigenvalue weighted by Crippen LogP contribution is -2.34. The van der Waals surface area contributed by atoms with E-state index in [1.54, 1.807) is 0 Å². The van der Waals surface area contributed by atoms with Crippen molar-refractivity contribution in [1.29, 1.82) is 0 Å². The van der Waals surface area contributed by atoms with Crippen molar-refractivity contribution in [2.24, 2.45) is 0 Å². The molecule has 0 bridgehead atoms. The first-order chi connectivity index (χ1) is 9.11. The van der Waals surface area contributed by atoms with Gasteiger partial charge in [-0.3, -0.25) is 0 Å². The molecule has 0 fully saturated rings. The number of quaternary nitrogens is 2. The van der Waals surface area contributed by atoms with Gasteiger partial charge in [-0.05, 0) is 24.6 Å². The third-order valence-electron chi connectivity index (χ3n) is 2.89. The van der Waals surface area contributed by atoms with E-state index in [4.69, 9.17) is 4.74 Å². The minimum atomic E-state index is 0.790. The minimum Gasteiger partial charge on any atom is -0.493 e. The van der Waals surface area contributed by atoms with Crippen LogP contribution in [-0.4, -0.2) is 57.9 Å². The Bertz CT molecular complexity index is 428. The molecule has 0 aliphatic carbocycles. The summed E-state index contributed by atoms with van der Waals surface area (Å²) in [6, 6.07) is 6.66. The largest absolute Gasteiger partial charge is 0.493 e. The molecule has 0 saturated heterocycles. The van der Waals surface area contributed by atoms with Gasteiger partial charge in [-0.2, -0.15) is 0 Å². The molecule has 20 heavy (non-hydrogen) atoms. The molecule has 1 rings (SSSR count). The average molecular weight is 280 g/mol. The van der Waals surface area contributed by atoms with E-state index in [1.807, 2.05) is 0 Å². The van der Waals surface area contributed by atoms with Crippen molar-refractivity contribution in [2.45, 2.75) is 26.4 Å². The molecule has 114 valence electrons. The first-order valence-corrected chi connectivity index (χ1v) is 7.46. The van der Waals surface area contributed by atoms with E-state index in [-0.39, 0.29) is 0 Å². The zero-order chi connectivity index (χ0) is 15.4. The first-order valence-electron chi connectivity index (χ1n) is 7.46. The Morgan fingerprint density at radius 1 is 0.900 bits per heavy atom. The van der Waals surface area contributed by atoms with Crippen molar-refractivity contribution in [3.05, 3.63) is 29.3 Å². The van der Waals surface area contributed by atoms with Gasteiger partial charge < -0.3 is 13.7 Å². The molecule has 1 aromatic carbocycles. The van der Waals surface area contributed by atoms with Gasteiger partial charge in [0, 0.05) is 11.1 Å². The summed E-state index contributed by atoms with van der Waals surface area (Å²) in [7, 11) is 13.3. The summed E-state index contributed by atoms with van der Waals surface area (Å²) in [5.74, 6) is 1.05. The maximum atomic E-state index is 5.90. The van der Waals surface area contributed by atoms with E-state index >= 15 is 0 Å². The van der Waals surface area contributed by atoms with E-state index < -0.39 is 0 Å². The Morgan fingerprint density at radius 2 is 1.50 bits per heavy atom. The smallest absolute Gasteiger partial charge is 0.128 e. The standard InChI is InChI=1S/C17H32N2O/c1-8-11-20-17-10-9-15(13-18(2,3)4)12-16(17)14-19(5,6)7/h9-10,12H,8,11,13-14H2,1-7H3/q+2. The summed E-state index contributed by atoms with van der Waals surface area (Å²) in [5.41, 5.74) is 2.70. The van der Waals surface area contributed by atoms with Gasteiger partial charge in [0.25, 0.3) is 0 Å². The van der Waals surface area contributed by atoms with Crippen molar-refractivity contribution in [1.82, 2.24) is 0 Å². The van der Waals surface area contributed by atoms with Crippen molar-refractivity contribution >= 4 is 0 Å². The van der Waals surface area contributed by atoms with Crippen LogP contribution < -0.4 is 4.74 Å². The second kappa shape index (κ2) is 6.59. The van der Waals surface area contributed by atoms with Gasteiger partial charge in [0.2, 0.25) is 0 Å². The number of ether oxygens (including phenoxy) is 1. The Kier molecular flexibility index (Phi) is 5.60. The lowest BCUT2D eigenvalue weighted by Gasteiger charge is -2.27. The summed E-state index contributed by atoms with van der Waals surface area (Å²) in [6.45, 7) is 4.96. The van der Waals surface area contributed by atoms with Crippen LogP contribution in [0, 0.1) is 0 Å². The van der Waals surface area contributed by atoms with Gasteiger partial charge in [0.1, 0.15) is 18.8 Å². The monoisotopic (exact) mass is 280 g/mol. The van der Waals surface area contributed by atoms with Crippen LogP contribution >= 0.6 is 0 Å². The molecule has 0 N–H and O–H groups in total. The fourth-order valence-corrected chi connectivity index (χ4v) is 2.27. The highest BCUT2D eigenvalue weighted by Gasteiger charge is 2.16. The van der Waals surface area contributed by atoms with Crippen LogP contribution in [-0.2, 0) is 13.1 Å². The average Bonchev–Trinajstić information content (AvgIpc) is 2.23. The van der Waals surface area contributed by atoms with Gasteiger partial charge in [-0.1, -0.05) is 6.92 Å². The van der Waals surface area contributed by atoms with Crippen LogP contribution in [0.5, 0.6) is 5.75 Å². The van der Waals surface area contributed by atoms with E-state index in [0.29, 0.717) is 0 Å². The quantitative estimate of drug-likeness (QED) is 0.698. The first kappa shape index (κ1) is 17.0. The number of nitrogens with zero attached hydrogens (tertiary/aromatic N) is 2. The number of hydrogen-bond donors (Lipinski definition) is 0. The highest BCUT2D eigenvalue weighted by atomic mass is 16.5. The Labute approximate surface area is 124 Å². The fourth-order valence-electron chi connectivity index (χ4n) is 2.27. The summed E-state index contributed by atoms with van der Waals surface area (Å²) in [4.78, 5) is 0. The molecule has 3 nitrogen and oxygen atoms in total. The number of benzene rings is 1. The molecule has 0 amide bonds. The highest BCUT2D eigenvalue weighted by Crippen LogP contribution is 2.24. The predicted molar refractivity (Wildman–Crippen MR) is 85.7 cm³/mol. The summed E-state index contributed by atoms with van der Waals surface area (Å²) >= 11 is 0. The molecule has 0 atom stereocenters. The summed E-state index contributed by atoms with van der Waals surface area (Å²) in [6.07, 6.45) is 1.05. The van der Waals surface area contributed by atoms with Crippen LogP contribution in [0.1, 0.15) is 24.5 Å².